The van der Waals surface area contributed by atoms with Crippen LogP contribution in [0.1, 0.15) is 0 Å². The summed E-state index contributed by atoms with van der Waals surface area (Å²) in [6, 6.07) is 8.54. The number of halogens is 1. The van der Waals surface area contributed by atoms with Gasteiger partial charge in [-0.2, -0.15) is 0 Å². The Morgan fingerprint density at radius 1 is 1.13 bits per heavy atom. The van der Waals surface area contributed by atoms with Crippen molar-refractivity contribution in [1.82, 2.24) is 4.98 Å². The van der Waals surface area contributed by atoms with Crippen LogP contribution in [0.25, 0.3) is 10.8 Å². The molecule has 1 aromatic carbocycles. The largest absolute Gasteiger partial charge is 0.244 e. The third-order valence-electron chi connectivity index (χ3n) is 2.58. The molecule has 0 bridgehead atoms. The van der Waals surface area contributed by atoms with Crippen molar-refractivity contribution in [2.45, 2.75) is 19.6 Å². The van der Waals surface area contributed by atoms with Crippen LogP contribution in [0.2, 0.25) is 24.8 Å². The van der Waals surface area contributed by atoms with Crippen LogP contribution in [0, 0.1) is 0 Å². The molecule has 0 amide bonds. The number of pyridine rings is 1. The van der Waals surface area contributed by atoms with Gasteiger partial charge < -0.3 is 0 Å². The molecule has 0 saturated carbocycles. The van der Waals surface area contributed by atoms with E-state index in [1.165, 1.54) is 5.19 Å². The highest BCUT2D eigenvalue weighted by Gasteiger charge is 2.16. The molecule has 3 heteroatoms. The fourth-order valence-electron chi connectivity index (χ4n) is 1.60. The van der Waals surface area contributed by atoms with Crippen LogP contribution in [-0.2, 0) is 0 Å². The Bertz CT molecular complexity index is 502. The van der Waals surface area contributed by atoms with E-state index in [1.807, 2.05) is 6.07 Å². The van der Waals surface area contributed by atoms with E-state index in [0.29, 0.717) is 5.15 Å². The van der Waals surface area contributed by atoms with Crippen molar-refractivity contribution in [2.24, 2.45) is 0 Å². The Kier molecular flexibility index (Phi) is 2.57. The van der Waals surface area contributed by atoms with Gasteiger partial charge in [0.15, 0.2) is 0 Å². The van der Waals surface area contributed by atoms with Gasteiger partial charge in [-0.05, 0) is 11.5 Å². The molecule has 0 radical (unpaired) electrons. The number of hydrogen-bond donors (Lipinski definition) is 0. The molecule has 0 saturated heterocycles. The Morgan fingerprint density at radius 3 is 2.53 bits per heavy atom. The Balaban J connectivity index is 2.70. The summed E-state index contributed by atoms with van der Waals surface area (Å²) in [5.41, 5.74) is 0. The number of hydrogen-bond acceptors (Lipinski definition) is 1. The fourth-order valence-corrected chi connectivity index (χ4v) is 2.98. The molecule has 0 aliphatic rings. The van der Waals surface area contributed by atoms with Crippen LogP contribution in [0.3, 0.4) is 0 Å². The summed E-state index contributed by atoms with van der Waals surface area (Å²) in [6.45, 7) is 7.00. The maximum atomic E-state index is 6.08. The second-order valence-electron chi connectivity index (χ2n) is 4.79. The van der Waals surface area contributed by atoms with Gasteiger partial charge in [0.05, 0.1) is 8.07 Å². The Labute approximate surface area is 96.1 Å². The molecule has 0 atom stereocenters. The van der Waals surface area contributed by atoms with E-state index in [4.69, 9.17) is 11.6 Å². The molecule has 1 aromatic heterocycles. The minimum absolute atomic E-state index is 0.604. The molecule has 0 fully saturated rings. The van der Waals surface area contributed by atoms with E-state index >= 15 is 0 Å². The molecule has 0 aliphatic carbocycles. The van der Waals surface area contributed by atoms with Crippen LogP contribution in [-0.4, -0.2) is 13.1 Å². The number of nitrogens with zero attached hydrogens (tertiary/aromatic N) is 1. The monoisotopic (exact) mass is 235 g/mol. The summed E-state index contributed by atoms with van der Waals surface area (Å²) < 4.78 is 0. The van der Waals surface area contributed by atoms with Gasteiger partial charge in [0.25, 0.3) is 0 Å². The van der Waals surface area contributed by atoms with Crippen molar-refractivity contribution in [3.63, 3.8) is 0 Å². The summed E-state index contributed by atoms with van der Waals surface area (Å²) in [5.74, 6) is 0. The van der Waals surface area contributed by atoms with Gasteiger partial charge in [0, 0.05) is 11.6 Å². The van der Waals surface area contributed by atoms with Gasteiger partial charge in [-0.15, -0.1) is 0 Å². The molecule has 15 heavy (non-hydrogen) atoms. The normalized spacial score (nSPS) is 12.0. The van der Waals surface area contributed by atoms with Crippen LogP contribution >= 0.6 is 11.6 Å². The summed E-state index contributed by atoms with van der Waals surface area (Å²) in [4.78, 5) is 4.11. The molecule has 1 heterocycles. The zero-order valence-corrected chi connectivity index (χ0v) is 11.0. The second-order valence-corrected chi connectivity index (χ2v) is 10.2. The summed E-state index contributed by atoms with van der Waals surface area (Å²) >= 11 is 6.08. The first-order chi connectivity index (χ1) is 6.98. The van der Waals surface area contributed by atoms with Crippen molar-refractivity contribution >= 4 is 35.6 Å². The zero-order chi connectivity index (χ0) is 11.1. The quantitative estimate of drug-likeness (QED) is 0.545. The van der Waals surface area contributed by atoms with E-state index in [0.717, 1.165) is 10.8 Å². The van der Waals surface area contributed by atoms with Crippen LogP contribution < -0.4 is 5.19 Å². The lowest BCUT2D eigenvalue weighted by molar-refractivity contribution is 1.36. The summed E-state index contributed by atoms with van der Waals surface area (Å²) in [7, 11) is -1.26. The van der Waals surface area contributed by atoms with Crippen molar-refractivity contribution < 1.29 is 0 Å². The second kappa shape index (κ2) is 3.61. The first kappa shape index (κ1) is 10.6. The van der Waals surface area contributed by atoms with E-state index in [9.17, 15) is 0 Å². The van der Waals surface area contributed by atoms with Gasteiger partial charge in [-0.3, -0.25) is 0 Å². The van der Waals surface area contributed by atoms with E-state index in [2.05, 4.69) is 42.8 Å². The Morgan fingerprint density at radius 2 is 1.87 bits per heavy atom. The van der Waals surface area contributed by atoms with E-state index in [1.54, 1.807) is 6.20 Å². The number of benzene rings is 1. The highest BCUT2D eigenvalue weighted by atomic mass is 35.5. The first-order valence-electron chi connectivity index (χ1n) is 5.03. The lowest BCUT2D eigenvalue weighted by Gasteiger charge is -2.17. The minimum atomic E-state index is -1.26. The molecular weight excluding hydrogens is 222 g/mol. The average molecular weight is 236 g/mol. The van der Waals surface area contributed by atoms with Crippen molar-refractivity contribution in [2.75, 3.05) is 0 Å². The zero-order valence-electron chi connectivity index (χ0n) is 9.21. The predicted molar refractivity (Wildman–Crippen MR) is 69.7 cm³/mol. The van der Waals surface area contributed by atoms with E-state index < -0.39 is 8.07 Å². The molecule has 78 valence electrons. The van der Waals surface area contributed by atoms with Crippen molar-refractivity contribution in [3.8, 4) is 0 Å². The molecule has 2 rings (SSSR count). The summed E-state index contributed by atoms with van der Waals surface area (Å²) in [5, 5.41) is 4.26. The lowest BCUT2D eigenvalue weighted by atomic mass is 10.2. The molecule has 1 nitrogen and oxygen atoms in total. The lowest BCUT2D eigenvalue weighted by Crippen LogP contribution is -2.37. The topological polar surface area (TPSA) is 12.9 Å². The smallest absolute Gasteiger partial charge is 0.136 e. The number of fused-ring (bicyclic) bond motifs is 1. The molecule has 0 spiro atoms. The molecule has 2 aromatic rings. The third-order valence-corrected chi connectivity index (χ3v) is 4.93. The van der Waals surface area contributed by atoms with Gasteiger partial charge >= 0.3 is 0 Å². The third kappa shape index (κ3) is 2.06. The van der Waals surface area contributed by atoms with Gasteiger partial charge in [-0.25, -0.2) is 4.98 Å². The highest BCUT2D eigenvalue weighted by Crippen LogP contribution is 2.20. The predicted octanol–water partition coefficient (Wildman–Crippen LogP) is 3.43. The first-order valence-corrected chi connectivity index (χ1v) is 8.91. The van der Waals surface area contributed by atoms with Gasteiger partial charge in [0.2, 0.25) is 0 Å². The fraction of sp³-hybridized carbons (Fsp3) is 0.250. The SMILES string of the molecule is C[Si](C)(C)c1ccc2ccnc(Cl)c2c1. The average Bonchev–Trinajstić information content (AvgIpc) is 2.16. The number of aromatic nitrogens is 1. The van der Waals surface area contributed by atoms with Crippen molar-refractivity contribution in [1.29, 1.82) is 0 Å². The van der Waals surface area contributed by atoms with E-state index in [-0.39, 0.29) is 0 Å². The van der Waals surface area contributed by atoms with Crippen LogP contribution in [0.4, 0.5) is 0 Å². The van der Waals surface area contributed by atoms with Gasteiger partial charge in [0.1, 0.15) is 5.15 Å². The maximum absolute atomic E-state index is 6.08. The van der Waals surface area contributed by atoms with Gasteiger partial charge in [-0.1, -0.05) is 54.6 Å². The van der Waals surface area contributed by atoms with Crippen molar-refractivity contribution in [3.05, 3.63) is 35.6 Å². The standard InChI is InChI=1S/C12H14ClNSi/c1-15(2,3)10-5-4-9-6-7-14-12(13)11(9)8-10/h4-8H,1-3H3. The maximum Gasteiger partial charge on any atom is 0.136 e. The summed E-state index contributed by atoms with van der Waals surface area (Å²) in [6.07, 6.45) is 1.75. The number of rotatable bonds is 1. The van der Waals surface area contributed by atoms with Crippen LogP contribution in [0.15, 0.2) is 30.5 Å². The minimum Gasteiger partial charge on any atom is -0.244 e. The molecule has 0 aliphatic heterocycles. The molecule has 0 N–H and O–H groups in total. The Hall–Kier alpha value is -0.863. The van der Waals surface area contributed by atoms with Crippen LogP contribution in [0.5, 0.6) is 0 Å². The molecule has 0 unspecified atom stereocenters. The molecular formula is C12H14ClNSi. The highest BCUT2D eigenvalue weighted by molar-refractivity contribution is 6.88.